The van der Waals surface area contributed by atoms with Crippen LogP contribution < -0.4 is 0 Å². The topological polar surface area (TPSA) is 12.5 Å². The normalized spacial score (nSPS) is 45.0. The quantitative estimate of drug-likeness (QED) is 0.720. The maximum atomic E-state index is 5.65. The lowest BCUT2D eigenvalue weighted by molar-refractivity contribution is -0.141. The van der Waals surface area contributed by atoms with Gasteiger partial charge in [-0.05, 0) is 39.0 Å². The molecule has 4 unspecified atom stereocenters. The summed E-state index contributed by atoms with van der Waals surface area (Å²) in [6.45, 7) is 9.24. The van der Waals surface area contributed by atoms with E-state index in [-0.39, 0.29) is 0 Å². The molecule has 3 heteroatoms. The molecule has 0 N–H and O–H groups in total. The number of ether oxygens (including phenoxy) is 1. The predicted molar refractivity (Wildman–Crippen MR) is 89.4 cm³/mol. The Labute approximate surface area is 131 Å². The van der Waals surface area contributed by atoms with E-state index in [0.29, 0.717) is 11.6 Å². The fourth-order valence-electron chi connectivity index (χ4n) is 6.35. The SMILES string of the molecule is CCC12BC1CCC1CC3(COC3)N(C(C)C)C1CCC2. The highest BCUT2D eigenvalue weighted by molar-refractivity contribution is 6.56. The minimum Gasteiger partial charge on any atom is -0.377 e. The first-order chi connectivity index (χ1) is 10.1. The molecule has 0 radical (unpaired) electrons. The van der Waals surface area contributed by atoms with Gasteiger partial charge in [-0.15, -0.1) is 0 Å². The summed E-state index contributed by atoms with van der Waals surface area (Å²) in [5.41, 5.74) is 0.425. The minimum atomic E-state index is 0.425. The van der Waals surface area contributed by atoms with Gasteiger partial charge >= 0.3 is 0 Å². The van der Waals surface area contributed by atoms with Gasteiger partial charge in [0.05, 0.1) is 18.8 Å². The summed E-state index contributed by atoms with van der Waals surface area (Å²) < 4.78 is 5.65. The zero-order chi connectivity index (χ0) is 14.7. The molecule has 1 aliphatic carbocycles. The Balaban J connectivity index is 1.53. The molecule has 0 amide bonds. The van der Waals surface area contributed by atoms with Crippen LogP contribution in [0.3, 0.4) is 0 Å². The monoisotopic (exact) mass is 289 g/mol. The van der Waals surface area contributed by atoms with Crippen molar-refractivity contribution in [3.8, 4) is 0 Å². The zero-order valence-electron chi connectivity index (χ0n) is 14.2. The summed E-state index contributed by atoms with van der Waals surface area (Å²) in [7, 11) is 1.54. The first-order valence-corrected chi connectivity index (χ1v) is 9.46. The molecule has 0 aromatic heterocycles. The van der Waals surface area contributed by atoms with Gasteiger partial charge in [-0.25, -0.2) is 0 Å². The molecule has 0 aromatic rings. The van der Waals surface area contributed by atoms with Gasteiger partial charge in [-0.1, -0.05) is 43.7 Å². The standard InChI is InChI=1S/C18H32BNO/c1-4-18-9-5-6-15-14(7-8-16(18)19-18)10-17(11-21-12-17)20(15)13(2)3/h13-16,19H,4-12H2,1-3H3. The Morgan fingerprint density at radius 2 is 2.05 bits per heavy atom. The van der Waals surface area contributed by atoms with Crippen LogP contribution in [0, 0.1) is 5.92 Å². The van der Waals surface area contributed by atoms with E-state index >= 15 is 0 Å². The third-order valence-electron chi connectivity index (χ3n) is 7.51. The lowest BCUT2D eigenvalue weighted by atomic mass is 9.80. The van der Waals surface area contributed by atoms with Crippen LogP contribution in [0.1, 0.15) is 65.7 Å². The van der Waals surface area contributed by atoms with Crippen molar-refractivity contribution >= 4 is 7.28 Å². The molecule has 118 valence electrons. The van der Waals surface area contributed by atoms with Gasteiger partial charge < -0.3 is 4.74 Å². The fraction of sp³-hybridized carbons (Fsp3) is 1.00. The molecule has 4 fully saturated rings. The molecular formula is C18H32BNO. The Morgan fingerprint density at radius 1 is 1.24 bits per heavy atom. The summed E-state index contributed by atoms with van der Waals surface area (Å²) in [4.78, 5) is 2.89. The third-order valence-corrected chi connectivity index (χ3v) is 7.51. The van der Waals surface area contributed by atoms with Crippen LogP contribution in [0.15, 0.2) is 0 Å². The summed E-state index contributed by atoms with van der Waals surface area (Å²) in [6.07, 6.45) is 10.3. The second-order valence-corrected chi connectivity index (χ2v) is 8.84. The van der Waals surface area contributed by atoms with Gasteiger partial charge in [0.25, 0.3) is 0 Å². The Morgan fingerprint density at radius 3 is 2.67 bits per heavy atom. The van der Waals surface area contributed by atoms with Crippen LogP contribution in [0.4, 0.5) is 0 Å². The van der Waals surface area contributed by atoms with E-state index in [0.717, 1.165) is 36.3 Å². The fourth-order valence-corrected chi connectivity index (χ4v) is 6.35. The first-order valence-electron chi connectivity index (χ1n) is 9.46. The van der Waals surface area contributed by atoms with E-state index in [1.54, 1.807) is 7.28 Å². The van der Waals surface area contributed by atoms with Crippen LogP contribution in [-0.4, -0.2) is 43.0 Å². The van der Waals surface area contributed by atoms with E-state index < -0.39 is 0 Å². The molecule has 21 heavy (non-hydrogen) atoms. The third kappa shape index (κ3) is 2.14. The second kappa shape index (κ2) is 4.99. The van der Waals surface area contributed by atoms with Crippen LogP contribution in [0.25, 0.3) is 0 Å². The highest BCUT2D eigenvalue weighted by atomic mass is 16.5. The predicted octanol–water partition coefficient (Wildman–Crippen LogP) is 3.63. The summed E-state index contributed by atoms with van der Waals surface area (Å²) >= 11 is 0. The maximum Gasteiger partial charge on any atom is 0.130 e. The van der Waals surface area contributed by atoms with Crippen LogP contribution in [0.2, 0.25) is 11.1 Å². The van der Waals surface area contributed by atoms with Crippen molar-refractivity contribution in [2.75, 3.05) is 13.2 Å². The average Bonchev–Trinajstić information content (AvgIpc) is 2.98. The highest BCUT2D eigenvalue weighted by Crippen LogP contribution is 2.66. The largest absolute Gasteiger partial charge is 0.377 e. The molecule has 2 nitrogen and oxygen atoms in total. The van der Waals surface area contributed by atoms with Crippen molar-refractivity contribution in [2.45, 2.75) is 94.5 Å². The number of nitrogens with zero attached hydrogens (tertiary/aromatic N) is 1. The molecule has 1 spiro atoms. The number of hydrogen-bond acceptors (Lipinski definition) is 2. The number of fused-ring (bicyclic) bond motifs is 2. The van der Waals surface area contributed by atoms with Crippen molar-refractivity contribution in [3.63, 3.8) is 0 Å². The van der Waals surface area contributed by atoms with E-state index in [9.17, 15) is 0 Å². The van der Waals surface area contributed by atoms with Gasteiger partial charge in [-0.2, -0.15) is 0 Å². The second-order valence-electron chi connectivity index (χ2n) is 8.84. The molecule has 1 saturated carbocycles. The molecular weight excluding hydrogens is 257 g/mol. The van der Waals surface area contributed by atoms with E-state index in [4.69, 9.17) is 4.74 Å². The van der Waals surface area contributed by atoms with Crippen molar-refractivity contribution < 1.29 is 4.74 Å². The molecule has 4 rings (SSSR count). The lowest BCUT2D eigenvalue weighted by Crippen LogP contribution is -2.62. The smallest absolute Gasteiger partial charge is 0.130 e. The van der Waals surface area contributed by atoms with Crippen molar-refractivity contribution in [1.82, 2.24) is 4.90 Å². The summed E-state index contributed by atoms with van der Waals surface area (Å²) in [6, 6.07) is 1.53. The van der Waals surface area contributed by atoms with Crippen LogP contribution in [-0.2, 0) is 4.74 Å². The maximum absolute atomic E-state index is 5.65. The van der Waals surface area contributed by atoms with Gasteiger partial charge in [0.1, 0.15) is 7.28 Å². The molecule has 0 bridgehead atoms. The molecule has 4 atom stereocenters. The van der Waals surface area contributed by atoms with E-state index in [2.05, 4.69) is 25.7 Å². The van der Waals surface area contributed by atoms with Gasteiger partial charge in [0.15, 0.2) is 0 Å². The zero-order valence-corrected chi connectivity index (χ0v) is 14.2. The van der Waals surface area contributed by atoms with Crippen molar-refractivity contribution in [1.29, 1.82) is 0 Å². The van der Waals surface area contributed by atoms with Crippen LogP contribution >= 0.6 is 0 Å². The minimum absolute atomic E-state index is 0.425. The van der Waals surface area contributed by atoms with E-state index in [1.165, 1.54) is 44.9 Å². The molecule has 4 aliphatic rings. The number of hydrogen-bond donors (Lipinski definition) is 0. The average molecular weight is 289 g/mol. The van der Waals surface area contributed by atoms with Crippen molar-refractivity contribution in [2.24, 2.45) is 5.92 Å². The lowest BCUT2D eigenvalue weighted by Gasteiger charge is -2.49. The van der Waals surface area contributed by atoms with Gasteiger partial charge in [0, 0.05) is 12.1 Å². The highest BCUT2D eigenvalue weighted by Gasteiger charge is 2.58. The van der Waals surface area contributed by atoms with Crippen molar-refractivity contribution in [3.05, 3.63) is 0 Å². The summed E-state index contributed by atoms with van der Waals surface area (Å²) in [5.74, 6) is 2.02. The Bertz CT molecular complexity index is 408. The Kier molecular flexibility index (Phi) is 3.46. The molecule has 3 aliphatic heterocycles. The van der Waals surface area contributed by atoms with Crippen LogP contribution in [0.5, 0.6) is 0 Å². The Hall–Kier alpha value is -0.0151. The first kappa shape index (κ1) is 14.6. The molecule has 3 saturated heterocycles. The number of rotatable bonds is 2. The number of likely N-dealkylation sites (tertiary alicyclic amines) is 1. The van der Waals surface area contributed by atoms with Gasteiger partial charge in [0.2, 0.25) is 0 Å². The summed E-state index contributed by atoms with van der Waals surface area (Å²) in [5, 5.41) is 0.776. The van der Waals surface area contributed by atoms with Gasteiger partial charge in [-0.3, -0.25) is 4.90 Å². The molecule has 0 aromatic carbocycles. The van der Waals surface area contributed by atoms with E-state index in [1.807, 2.05) is 0 Å². The molecule has 3 heterocycles.